The highest BCUT2D eigenvalue weighted by Crippen LogP contribution is 2.30. The number of carbonyl (C=O) groups excluding carboxylic acids is 1. The van der Waals surface area contributed by atoms with Crippen LogP contribution in [0.1, 0.15) is 15.9 Å². The molecule has 3 N–H and O–H groups in total. The lowest BCUT2D eigenvalue weighted by atomic mass is 10.0. The minimum Gasteiger partial charge on any atom is -0.366 e. The molecule has 0 spiro atoms. The van der Waals surface area contributed by atoms with Crippen molar-refractivity contribution in [1.29, 1.82) is 0 Å². The van der Waals surface area contributed by atoms with Crippen molar-refractivity contribution in [3.8, 4) is 11.1 Å². The molecule has 2 heterocycles. The molecule has 0 aliphatic heterocycles. The predicted octanol–water partition coefficient (Wildman–Crippen LogP) is 4.22. The zero-order valence-electron chi connectivity index (χ0n) is 16.5. The van der Waals surface area contributed by atoms with Gasteiger partial charge < -0.3 is 11.1 Å². The molecule has 2 aromatic carbocycles. The number of amides is 1. The number of carbonyl (C=O) groups is 1. The molecule has 0 unspecified atom stereocenters. The topological polar surface area (TPSA) is 85.3 Å². The second-order valence-corrected chi connectivity index (χ2v) is 7.52. The Labute approximate surface area is 185 Å². The number of hydrogen-bond acceptors (Lipinski definition) is 4. The van der Waals surface area contributed by atoms with Gasteiger partial charge in [0.05, 0.1) is 10.6 Å². The summed E-state index contributed by atoms with van der Waals surface area (Å²) in [6.45, 7) is -0.360. The Morgan fingerprint density at radius 3 is 2.66 bits per heavy atom. The monoisotopic (exact) mass is 459 g/mol. The molecule has 164 valence electrons. The van der Waals surface area contributed by atoms with E-state index in [0.717, 1.165) is 0 Å². The molecule has 1 atom stereocenters. The van der Waals surface area contributed by atoms with Crippen LogP contribution in [0, 0.1) is 11.6 Å². The first-order valence-corrected chi connectivity index (χ1v) is 9.96. The molecule has 1 amide bonds. The van der Waals surface area contributed by atoms with Crippen LogP contribution in [0.2, 0.25) is 5.02 Å². The Balaban J connectivity index is 1.52. The molecule has 32 heavy (non-hydrogen) atoms. The molecule has 4 rings (SSSR count). The zero-order valence-corrected chi connectivity index (χ0v) is 17.3. The van der Waals surface area contributed by atoms with Crippen molar-refractivity contribution in [2.45, 2.75) is 12.6 Å². The van der Waals surface area contributed by atoms with E-state index in [2.05, 4.69) is 15.4 Å². The third kappa shape index (κ3) is 4.52. The summed E-state index contributed by atoms with van der Waals surface area (Å²) in [5.41, 5.74) is 6.71. The van der Waals surface area contributed by atoms with Crippen LogP contribution in [-0.4, -0.2) is 33.2 Å². The molecule has 10 heteroatoms. The van der Waals surface area contributed by atoms with Crippen molar-refractivity contribution in [2.24, 2.45) is 0 Å². The normalized spacial score (nSPS) is 12.1. The van der Waals surface area contributed by atoms with Gasteiger partial charge >= 0.3 is 0 Å². The maximum atomic E-state index is 15.2. The third-order valence-corrected chi connectivity index (χ3v) is 5.15. The van der Waals surface area contributed by atoms with E-state index >= 15 is 4.39 Å². The second-order valence-electron chi connectivity index (χ2n) is 7.11. The molecule has 0 radical (unpaired) electrons. The summed E-state index contributed by atoms with van der Waals surface area (Å²) in [5, 5.41) is 6.22. The molecule has 0 fully saturated rings. The van der Waals surface area contributed by atoms with Crippen LogP contribution in [0.15, 0.2) is 54.7 Å². The Morgan fingerprint density at radius 2 is 1.91 bits per heavy atom. The average Bonchev–Trinajstić information content (AvgIpc) is 3.13. The van der Waals surface area contributed by atoms with Gasteiger partial charge in [-0.15, -0.1) is 5.10 Å². The molecule has 0 aliphatic rings. The fourth-order valence-corrected chi connectivity index (χ4v) is 3.52. The Kier molecular flexibility index (Phi) is 6.00. The quantitative estimate of drug-likeness (QED) is 0.452. The van der Waals surface area contributed by atoms with Gasteiger partial charge in [-0.25, -0.2) is 17.7 Å². The van der Waals surface area contributed by atoms with Gasteiger partial charge in [0.2, 0.25) is 5.95 Å². The number of nitrogens with one attached hydrogen (secondary N) is 1. The molecular formula is C22H17ClF3N5O. The lowest BCUT2D eigenvalue weighted by Crippen LogP contribution is -2.32. The smallest absolute Gasteiger partial charge is 0.255 e. The van der Waals surface area contributed by atoms with Gasteiger partial charge in [-0.1, -0.05) is 23.7 Å². The summed E-state index contributed by atoms with van der Waals surface area (Å²) in [5.74, 6) is -2.04. The third-order valence-electron chi connectivity index (χ3n) is 4.84. The van der Waals surface area contributed by atoms with E-state index < -0.39 is 23.7 Å². The SMILES string of the molecule is Nc1nc2cc(-c3ccc(Cl)c(C(=O)NC[C@H](F)Cc4ccc(F)cc4)c3F)ccn2n1. The number of anilines is 1. The molecule has 4 aromatic rings. The van der Waals surface area contributed by atoms with E-state index in [1.165, 1.54) is 40.9 Å². The van der Waals surface area contributed by atoms with Crippen LogP contribution in [0.25, 0.3) is 16.8 Å². The zero-order chi connectivity index (χ0) is 22.8. The molecule has 0 bridgehead atoms. The predicted molar refractivity (Wildman–Crippen MR) is 115 cm³/mol. The van der Waals surface area contributed by atoms with Crippen molar-refractivity contribution < 1.29 is 18.0 Å². The number of nitrogens with two attached hydrogens (primary N) is 1. The van der Waals surface area contributed by atoms with E-state index in [1.54, 1.807) is 18.3 Å². The summed E-state index contributed by atoms with van der Waals surface area (Å²) in [7, 11) is 0. The lowest BCUT2D eigenvalue weighted by molar-refractivity contribution is 0.0938. The molecule has 6 nitrogen and oxygen atoms in total. The first-order chi connectivity index (χ1) is 15.3. The number of benzene rings is 2. The molecular weight excluding hydrogens is 443 g/mol. The summed E-state index contributed by atoms with van der Waals surface area (Å²) >= 11 is 6.07. The number of nitrogen functional groups attached to an aromatic ring is 1. The summed E-state index contributed by atoms with van der Waals surface area (Å²) in [6.07, 6.45) is 0.0822. The number of hydrogen-bond donors (Lipinski definition) is 2. The maximum absolute atomic E-state index is 15.2. The van der Waals surface area contributed by atoms with Crippen molar-refractivity contribution in [3.05, 3.63) is 82.5 Å². The minimum atomic E-state index is -1.45. The van der Waals surface area contributed by atoms with Crippen molar-refractivity contribution in [2.75, 3.05) is 12.3 Å². The first-order valence-electron chi connectivity index (χ1n) is 9.59. The minimum absolute atomic E-state index is 0.0295. The summed E-state index contributed by atoms with van der Waals surface area (Å²) < 4.78 is 43.9. The Morgan fingerprint density at radius 1 is 1.16 bits per heavy atom. The molecule has 2 aromatic heterocycles. The lowest BCUT2D eigenvalue weighted by Gasteiger charge is -2.13. The first kappa shape index (κ1) is 21.6. The summed E-state index contributed by atoms with van der Waals surface area (Å²) in [6, 6.07) is 11.4. The number of alkyl halides is 1. The number of aromatic nitrogens is 3. The van der Waals surface area contributed by atoms with E-state index in [0.29, 0.717) is 16.8 Å². The Hall–Kier alpha value is -3.59. The second kappa shape index (κ2) is 8.88. The molecule has 0 aliphatic carbocycles. The van der Waals surface area contributed by atoms with Crippen LogP contribution in [0.5, 0.6) is 0 Å². The van der Waals surface area contributed by atoms with Gasteiger partial charge in [0.1, 0.15) is 17.8 Å². The number of rotatable bonds is 6. The van der Waals surface area contributed by atoms with Crippen LogP contribution >= 0.6 is 11.6 Å². The highest BCUT2D eigenvalue weighted by Gasteiger charge is 2.21. The number of halogens is 4. The standard InChI is InChI=1S/C22H17ClF3N5O/c23-17-6-5-16(13-7-8-31-18(10-13)29-22(27)30-31)20(26)19(17)21(32)28-11-15(25)9-12-1-3-14(24)4-2-12/h1-8,10,15H,9,11H2,(H2,27,30)(H,28,32)/t15-/m1/s1. The van der Waals surface area contributed by atoms with Crippen LogP contribution in [0.3, 0.4) is 0 Å². The van der Waals surface area contributed by atoms with Crippen LogP contribution in [-0.2, 0) is 6.42 Å². The van der Waals surface area contributed by atoms with Crippen molar-refractivity contribution in [3.63, 3.8) is 0 Å². The van der Waals surface area contributed by atoms with Gasteiger partial charge in [-0.2, -0.15) is 4.98 Å². The van der Waals surface area contributed by atoms with E-state index in [-0.39, 0.29) is 35.1 Å². The molecule has 0 saturated carbocycles. The van der Waals surface area contributed by atoms with Gasteiger partial charge in [0.15, 0.2) is 5.65 Å². The van der Waals surface area contributed by atoms with Gasteiger partial charge in [-0.05, 0) is 47.5 Å². The number of fused-ring (bicyclic) bond motifs is 1. The maximum Gasteiger partial charge on any atom is 0.255 e. The molecule has 0 saturated heterocycles. The fraction of sp³-hybridized carbons (Fsp3) is 0.136. The van der Waals surface area contributed by atoms with Gasteiger partial charge in [0, 0.05) is 24.7 Å². The van der Waals surface area contributed by atoms with E-state index in [1.807, 2.05) is 0 Å². The van der Waals surface area contributed by atoms with E-state index in [9.17, 15) is 13.6 Å². The van der Waals surface area contributed by atoms with Crippen LogP contribution < -0.4 is 11.1 Å². The Bertz CT molecular complexity index is 1290. The number of nitrogens with zero attached hydrogens (tertiary/aromatic N) is 3. The highest BCUT2D eigenvalue weighted by molar-refractivity contribution is 6.34. The van der Waals surface area contributed by atoms with Gasteiger partial charge in [-0.3, -0.25) is 4.79 Å². The largest absolute Gasteiger partial charge is 0.366 e. The van der Waals surface area contributed by atoms with Gasteiger partial charge in [0.25, 0.3) is 5.91 Å². The van der Waals surface area contributed by atoms with Crippen molar-refractivity contribution >= 4 is 29.1 Å². The fourth-order valence-electron chi connectivity index (χ4n) is 3.29. The average molecular weight is 460 g/mol. The van der Waals surface area contributed by atoms with E-state index in [4.69, 9.17) is 17.3 Å². The number of pyridine rings is 1. The van der Waals surface area contributed by atoms with Crippen LogP contribution in [0.4, 0.5) is 19.1 Å². The summed E-state index contributed by atoms with van der Waals surface area (Å²) in [4.78, 5) is 16.6. The highest BCUT2D eigenvalue weighted by atomic mass is 35.5. The van der Waals surface area contributed by atoms with Crippen molar-refractivity contribution in [1.82, 2.24) is 19.9 Å².